The van der Waals surface area contributed by atoms with Gasteiger partial charge in [0.25, 0.3) is 5.91 Å². The third kappa shape index (κ3) is 6.30. The van der Waals surface area contributed by atoms with Crippen molar-refractivity contribution in [3.8, 4) is 5.75 Å². The number of likely N-dealkylation sites (N-methyl/N-ethyl adjacent to an activating group) is 1. The zero-order valence-corrected chi connectivity index (χ0v) is 26.8. The second-order valence-corrected chi connectivity index (χ2v) is 13.3. The van der Waals surface area contributed by atoms with E-state index in [4.69, 9.17) is 23.3 Å². The van der Waals surface area contributed by atoms with Crippen LogP contribution in [-0.2, 0) is 31.2 Å². The number of primary amides is 1. The summed E-state index contributed by atoms with van der Waals surface area (Å²) in [5, 5.41) is 57.2. The summed E-state index contributed by atoms with van der Waals surface area (Å²) in [5.41, 5.74) is 1.10. The lowest BCUT2D eigenvalue weighted by Crippen LogP contribution is -2.65. The molecule has 1 fully saturated rings. The van der Waals surface area contributed by atoms with Crippen molar-refractivity contribution in [2.75, 3.05) is 25.5 Å². The van der Waals surface area contributed by atoms with Gasteiger partial charge >= 0.3 is 16.1 Å². The van der Waals surface area contributed by atoms with E-state index in [2.05, 4.69) is 0 Å². The highest BCUT2D eigenvalue weighted by atomic mass is 32.3. The highest BCUT2D eigenvalue weighted by Crippen LogP contribution is 2.55. The topological polar surface area (TPSA) is 282 Å². The molecule has 0 heterocycles. The van der Waals surface area contributed by atoms with Crippen molar-refractivity contribution in [1.82, 2.24) is 4.90 Å². The molecule has 0 saturated heterocycles. The molecule has 4 rings (SSSR count). The van der Waals surface area contributed by atoms with Gasteiger partial charge in [0.15, 0.2) is 11.4 Å². The van der Waals surface area contributed by atoms with E-state index in [1.807, 2.05) is 32.6 Å². The molecular formula is C28H38N4O13S. The monoisotopic (exact) mass is 670 g/mol. The Morgan fingerprint density at radius 1 is 1.15 bits per heavy atom. The van der Waals surface area contributed by atoms with Crippen LogP contribution in [0, 0.1) is 27.9 Å². The van der Waals surface area contributed by atoms with Gasteiger partial charge in [-0.3, -0.25) is 38.5 Å². The minimum atomic E-state index is -4.67. The lowest BCUT2D eigenvalue weighted by molar-refractivity contribution is -0.385. The number of hydrogen-bond acceptors (Lipinski definition) is 13. The smallest absolute Gasteiger partial charge is 0.394 e. The highest BCUT2D eigenvalue weighted by molar-refractivity contribution is 7.79. The van der Waals surface area contributed by atoms with E-state index in [1.54, 1.807) is 0 Å². The molecule has 1 aromatic carbocycles. The number of ketones is 2. The van der Waals surface area contributed by atoms with Gasteiger partial charge in [0.2, 0.25) is 11.5 Å². The largest absolute Gasteiger partial charge is 0.508 e. The first-order chi connectivity index (χ1) is 21.0. The van der Waals surface area contributed by atoms with Gasteiger partial charge in [-0.1, -0.05) is 13.8 Å². The number of carbonyl (C=O) groups excluding carboxylic acids is 3. The average Bonchev–Trinajstić information content (AvgIpc) is 2.88. The van der Waals surface area contributed by atoms with E-state index in [0.29, 0.717) is 17.8 Å². The number of aromatic hydroxyl groups is 1. The summed E-state index contributed by atoms with van der Waals surface area (Å²) in [6.07, 6.45) is -0.0362. The number of benzene rings is 1. The number of aliphatic hydroxyl groups is 3. The number of fused-ring (bicyclic) bond motifs is 3. The molecule has 3 aliphatic rings. The van der Waals surface area contributed by atoms with Gasteiger partial charge in [-0.05, 0) is 58.2 Å². The molecule has 0 bridgehead atoms. The Morgan fingerprint density at radius 2 is 1.70 bits per heavy atom. The van der Waals surface area contributed by atoms with Crippen LogP contribution < -0.4 is 10.6 Å². The second kappa shape index (κ2) is 12.6. The van der Waals surface area contributed by atoms with Crippen molar-refractivity contribution in [2.24, 2.45) is 23.5 Å². The van der Waals surface area contributed by atoms with E-state index in [1.165, 1.54) is 25.1 Å². The van der Waals surface area contributed by atoms with Crippen LogP contribution in [0.5, 0.6) is 5.75 Å². The molecule has 1 aromatic rings. The molecule has 18 heteroatoms. The van der Waals surface area contributed by atoms with Crippen LogP contribution in [0.25, 0.3) is 5.76 Å². The predicted octanol–water partition coefficient (Wildman–Crippen LogP) is 1.09. The molecule has 254 valence electrons. The summed E-state index contributed by atoms with van der Waals surface area (Å²) in [4.78, 5) is 53.9. The molecule has 4 atom stereocenters. The maximum atomic E-state index is 14.0. The number of anilines is 1. The molecule has 46 heavy (non-hydrogen) atoms. The Kier molecular flexibility index (Phi) is 9.96. The zero-order valence-electron chi connectivity index (χ0n) is 26.0. The fourth-order valence-electron chi connectivity index (χ4n) is 6.65. The number of phenolic OH excluding ortho intramolecular Hbond substituents is 1. The van der Waals surface area contributed by atoms with E-state index < -0.39 is 84.8 Å². The maximum absolute atomic E-state index is 14.0. The highest BCUT2D eigenvalue weighted by Gasteiger charge is 2.64. The lowest BCUT2D eigenvalue weighted by atomic mass is 9.57. The Labute approximate surface area is 264 Å². The number of rotatable bonds is 7. The number of Topliss-reactive ketones (excluding diaryl/α,β-unsaturated/α-hetero) is 2. The first-order valence-corrected chi connectivity index (χ1v) is 15.5. The normalized spacial score (nSPS) is 24.4. The van der Waals surface area contributed by atoms with Crippen LogP contribution in [0.3, 0.4) is 0 Å². The number of hydrogen-bond donors (Lipinski definition) is 7. The predicted molar refractivity (Wildman–Crippen MR) is 162 cm³/mol. The SMILES string of the molecule is CC(C)CN(c1cc([N+](=O)[O-])c(O)c2c1CC1CC3[C@H](N(C)C)C(=O)C(C(N)=O)=C(O)[C@@]3(O)C(=O)C1=C2O)C(C)C.O=S(=O)(O)O. The van der Waals surface area contributed by atoms with Crippen molar-refractivity contribution >= 4 is 45.0 Å². The number of nitro groups is 1. The van der Waals surface area contributed by atoms with Crippen LogP contribution in [0.15, 0.2) is 23.0 Å². The number of nitrogens with zero attached hydrogens (tertiary/aromatic N) is 3. The summed E-state index contributed by atoms with van der Waals surface area (Å²) in [6, 6.07) is -0.0686. The molecule has 1 saturated carbocycles. The second-order valence-electron chi connectivity index (χ2n) is 12.4. The minimum Gasteiger partial charge on any atom is -0.508 e. The van der Waals surface area contributed by atoms with Crippen LogP contribution in [0.1, 0.15) is 45.2 Å². The Morgan fingerprint density at radius 3 is 2.13 bits per heavy atom. The van der Waals surface area contributed by atoms with Gasteiger partial charge < -0.3 is 31.1 Å². The van der Waals surface area contributed by atoms with Gasteiger partial charge in [0, 0.05) is 35.8 Å². The third-order valence-corrected chi connectivity index (χ3v) is 8.37. The molecule has 0 aliphatic heterocycles. The lowest BCUT2D eigenvalue weighted by Gasteiger charge is -2.50. The van der Waals surface area contributed by atoms with Crippen molar-refractivity contribution < 1.29 is 57.3 Å². The van der Waals surface area contributed by atoms with Gasteiger partial charge in [0.05, 0.1) is 16.5 Å². The van der Waals surface area contributed by atoms with Gasteiger partial charge in [-0.2, -0.15) is 8.42 Å². The van der Waals surface area contributed by atoms with Crippen LogP contribution in [0.2, 0.25) is 0 Å². The van der Waals surface area contributed by atoms with Crippen LogP contribution in [-0.4, -0.2) is 104 Å². The van der Waals surface area contributed by atoms with E-state index >= 15 is 0 Å². The molecule has 0 spiro atoms. The zero-order chi connectivity index (χ0) is 35.4. The molecule has 0 aromatic heterocycles. The standard InChI is InChI=1S/C28H36N4O9.H2O4S/c1-11(2)10-31(12(3)4)16-9-17(32(40)41)22(33)19-14(16)7-13-8-15-21(30(5)6)24(35)20(27(29)38)26(37)28(15,39)25(36)18(13)23(19)34;1-5(2,3)4/h9,11-13,15,21,33-34,37,39H,7-8,10H2,1-6H3,(H2,29,38);(H2,1,2,3,4)/t13?,15?,21-,28-;/m0./s1. The van der Waals surface area contributed by atoms with E-state index in [9.17, 15) is 44.9 Å². The molecule has 1 amide bonds. The number of nitro benzene ring substituents is 1. The van der Waals surface area contributed by atoms with Crippen LogP contribution in [0.4, 0.5) is 11.4 Å². The summed E-state index contributed by atoms with van der Waals surface area (Å²) in [7, 11) is -1.62. The molecule has 17 nitrogen and oxygen atoms in total. The number of carbonyl (C=O) groups is 3. The first kappa shape index (κ1) is 36.4. The van der Waals surface area contributed by atoms with Gasteiger partial charge in [0.1, 0.15) is 17.1 Å². The Balaban J connectivity index is 0.00000107. The molecule has 2 unspecified atom stereocenters. The summed E-state index contributed by atoms with van der Waals surface area (Å²) < 4.78 is 31.6. The number of nitrogens with two attached hydrogens (primary N) is 1. The van der Waals surface area contributed by atoms with E-state index in [0.717, 1.165) is 0 Å². The van der Waals surface area contributed by atoms with Crippen molar-refractivity contribution in [3.63, 3.8) is 0 Å². The average molecular weight is 671 g/mol. The quantitative estimate of drug-likeness (QED) is 0.0925. The first-order valence-electron chi connectivity index (χ1n) is 14.1. The van der Waals surface area contributed by atoms with Crippen molar-refractivity contribution in [1.29, 1.82) is 0 Å². The molecule has 3 aliphatic carbocycles. The molecule has 0 radical (unpaired) electrons. The maximum Gasteiger partial charge on any atom is 0.394 e. The van der Waals surface area contributed by atoms with Gasteiger partial charge in [-0.15, -0.1) is 0 Å². The molecular weight excluding hydrogens is 632 g/mol. The van der Waals surface area contributed by atoms with Crippen LogP contribution >= 0.6 is 0 Å². The van der Waals surface area contributed by atoms with Gasteiger partial charge in [-0.25, -0.2) is 0 Å². The number of aliphatic hydroxyl groups excluding tert-OH is 2. The van der Waals surface area contributed by atoms with Crippen molar-refractivity contribution in [3.05, 3.63) is 44.2 Å². The summed E-state index contributed by atoms with van der Waals surface area (Å²) in [5.74, 6) is -7.99. The minimum absolute atomic E-state index is 0.0384. The third-order valence-electron chi connectivity index (χ3n) is 8.37. The fourth-order valence-corrected chi connectivity index (χ4v) is 6.65. The Hall–Kier alpha value is -4.10. The number of phenols is 1. The summed E-state index contributed by atoms with van der Waals surface area (Å²) >= 11 is 0. The molecule has 8 N–H and O–H groups in total. The fraction of sp³-hybridized carbons (Fsp3) is 0.536. The summed E-state index contributed by atoms with van der Waals surface area (Å²) in [6.45, 7) is 8.27. The van der Waals surface area contributed by atoms with E-state index in [-0.39, 0.29) is 35.9 Å². The number of amides is 1. The Bertz CT molecular complexity index is 1660. The van der Waals surface area contributed by atoms with Crippen molar-refractivity contribution in [2.45, 2.75) is 58.2 Å².